The normalized spacial score (nSPS) is 22.2. The first kappa shape index (κ1) is 14.8. The minimum atomic E-state index is 0. The molecule has 96 valence electrons. The lowest BCUT2D eigenvalue weighted by atomic mass is 10.0. The van der Waals surface area contributed by atoms with Crippen molar-refractivity contribution in [3.63, 3.8) is 0 Å². The van der Waals surface area contributed by atoms with Crippen LogP contribution in [0.2, 0.25) is 5.02 Å². The van der Waals surface area contributed by atoms with Gasteiger partial charge in [0.25, 0.3) is 0 Å². The fourth-order valence-corrected chi connectivity index (χ4v) is 2.61. The Labute approximate surface area is 115 Å². The van der Waals surface area contributed by atoms with Gasteiger partial charge in [-0.2, -0.15) is 0 Å². The number of benzene rings is 1. The second kappa shape index (κ2) is 6.60. The van der Waals surface area contributed by atoms with Crippen LogP contribution in [0.25, 0.3) is 0 Å². The highest BCUT2D eigenvalue weighted by Gasteiger charge is 2.25. The van der Waals surface area contributed by atoms with E-state index in [0.29, 0.717) is 12.1 Å². The van der Waals surface area contributed by atoms with Crippen molar-refractivity contribution in [3.8, 4) is 0 Å². The molecule has 1 fully saturated rings. The van der Waals surface area contributed by atoms with Crippen LogP contribution >= 0.6 is 24.0 Å². The fourth-order valence-electron chi connectivity index (χ4n) is 2.49. The zero-order valence-electron chi connectivity index (χ0n) is 10.1. The van der Waals surface area contributed by atoms with Gasteiger partial charge in [-0.15, -0.1) is 12.4 Å². The Morgan fingerprint density at radius 1 is 1.41 bits per heavy atom. The maximum absolute atomic E-state index is 5.96. The summed E-state index contributed by atoms with van der Waals surface area (Å²) in [5, 5.41) is 0.803. The van der Waals surface area contributed by atoms with Crippen LogP contribution in [0, 0.1) is 0 Å². The third kappa shape index (κ3) is 3.59. The summed E-state index contributed by atoms with van der Waals surface area (Å²) in [7, 11) is 0. The van der Waals surface area contributed by atoms with Crippen molar-refractivity contribution >= 4 is 24.0 Å². The third-order valence-corrected chi connectivity index (χ3v) is 3.59. The summed E-state index contributed by atoms with van der Waals surface area (Å²) in [5.41, 5.74) is 7.31. The van der Waals surface area contributed by atoms with Crippen molar-refractivity contribution < 1.29 is 0 Å². The first-order chi connectivity index (χ1) is 7.70. The molecular weight excluding hydrogens is 255 g/mol. The van der Waals surface area contributed by atoms with Gasteiger partial charge in [-0.3, -0.25) is 4.90 Å². The second-order valence-electron chi connectivity index (χ2n) is 4.52. The van der Waals surface area contributed by atoms with Gasteiger partial charge in [0.1, 0.15) is 0 Å². The number of halogens is 2. The highest BCUT2D eigenvalue weighted by atomic mass is 35.5. The number of hydrogen-bond acceptors (Lipinski definition) is 2. The zero-order valence-corrected chi connectivity index (χ0v) is 11.7. The highest BCUT2D eigenvalue weighted by molar-refractivity contribution is 6.30. The molecule has 0 amide bonds. The summed E-state index contributed by atoms with van der Waals surface area (Å²) < 4.78 is 0. The molecule has 2 rings (SSSR count). The van der Waals surface area contributed by atoms with Crippen LogP contribution in [0.5, 0.6) is 0 Å². The van der Waals surface area contributed by atoms with Crippen molar-refractivity contribution in [1.29, 1.82) is 0 Å². The van der Waals surface area contributed by atoms with Gasteiger partial charge in [-0.25, -0.2) is 0 Å². The Hall–Kier alpha value is -0.280. The summed E-state index contributed by atoms with van der Waals surface area (Å²) in [5.74, 6) is 0. The maximum Gasteiger partial charge on any atom is 0.0406 e. The van der Waals surface area contributed by atoms with Crippen LogP contribution in [-0.2, 0) is 0 Å². The van der Waals surface area contributed by atoms with E-state index in [-0.39, 0.29) is 12.4 Å². The van der Waals surface area contributed by atoms with Crippen molar-refractivity contribution in [2.24, 2.45) is 5.73 Å². The molecule has 1 saturated heterocycles. The van der Waals surface area contributed by atoms with Gasteiger partial charge in [0.15, 0.2) is 0 Å². The predicted molar refractivity (Wildman–Crippen MR) is 75.9 cm³/mol. The summed E-state index contributed by atoms with van der Waals surface area (Å²) >= 11 is 5.91. The van der Waals surface area contributed by atoms with E-state index in [1.807, 2.05) is 12.1 Å². The van der Waals surface area contributed by atoms with E-state index < -0.39 is 0 Å². The smallest absolute Gasteiger partial charge is 0.0406 e. The lowest BCUT2D eigenvalue weighted by Crippen LogP contribution is -2.29. The standard InChI is InChI=1S/C13H19ClN2.ClH/c1-2-13(16-8-7-12(15)9-16)10-3-5-11(14)6-4-10;/h3-6,12-13H,2,7-9,15H2,1H3;1H. The van der Waals surface area contributed by atoms with Crippen molar-refractivity contribution in [2.75, 3.05) is 13.1 Å². The molecule has 0 spiro atoms. The summed E-state index contributed by atoms with van der Waals surface area (Å²) in [4.78, 5) is 2.48. The molecule has 2 atom stereocenters. The zero-order chi connectivity index (χ0) is 11.5. The molecule has 1 aromatic carbocycles. The Morgan fingerprint density at radius 2 is 2.06 bits per heavy atom. The quantitative estimate of drug-likeness (QED) is 0.917. The van der Waals surface area contributed by atoms with Crippen LogP contribution in [0.4, 0.5) is 0 Å². The molecule has 1 heterocycles. The first-order valence-corrected chi connectivity index (χ1v) is 6.33. The fraction of sp³-hybridized carbons (Fsp3) is 0.538. The van der Waals surface area contributed by atoms with E-state index >= 15 is 0 Å². The van der Waals surface area contributed by atoms with Crippen LogP contribution in [0.15, 0.2) is 24.3 Å². The third-order valence-electron chi connectivity index (χ3n) is 3.34. The van der Waals surface area contributed by atoms with E-state index in [4.69, 9.17) is 17.3 Å². The summed E-state index contributed by atoms with van der Waals surface area (Å²) in [6, 6.07) is 9.03. The summed E-state index contributed by atoms with van der Waals surface area (Å²) in [6.07, 6.45) is 2.23. The van der Waals surface area contributed by atoms with Gasteiger partial charge in [0.05, 0.1) is 0 Å². The molecule has 1 aliphatic heterocycles. The van der Waals surface area contributed by atoms with Gasteiger partial charge in [0.2, 0.25) is 0 Å². The van der Waals surface area contributed by atoms with Crippen LogP contribution in [0.1, 0.15) is 31.4 Å². The molecule has 2 nitrogen and oxygen atoms in total. The summed E-state index contributed by atoms with van der Waals surface area (Å²) in [6.45, 7) is 4.35. The molecule has 2 N–H and O–H groups in total. The van der Waals surface area contributed by atoms with Gasteiger partial charge >= 0.3 is 0 Å². The molecule has 17 heavy (non-hydrogen) atoms. The molecule has 0 bridgehead atoms. The number of nitrogens with two attached hydrogens (primary N) is 1. The minimum Gasteiger partial charge on any atom is -0.326 e. The molecule has 1 aromatic rings. The van der Waals surface area contributed by atoms with Gasteiger partial charge in [-0.1, -0.05) is 30.7 Å². The maximum atomic E-state index is 5.96. The lowest BCUT2D eigenvalue weighted by Gasteiger charge is -2.27. The van der Waals surface area contributed by atoms with Crippen LogP contribution in [0.3, 0.4) is 0 Å². The van der Waals surface area contributed by atoms with Crippen molar-refractivity contribution in [2.45, 2.75) is 31.8 Å². The van der Waals surface area contributed by atoms with E-state index in [0.717, 1.165) is 31.0 Å². The second-order valence-corrected chi connectivity index (χ2v) is 4.96. The van der Waals surface area contributed by atoms with Gasteiger partial charge in [-0.05, 0) is 30.5 Å². The van der Waals surface area contributed by atoms with E-state index in [2.05, 4.69) is 24.0 Å². The average Bonchev–Trinajstić information content (AvgIpc) is 2.69. The van der Waals surface area contributed by atoms with Crippen LogP contribution in [-0.4, -0.2) is 24.0 Å². The topological polar surface area (TPSA) is 29.3 Å². The monoisotopic (exact) mass is 274 g/mol. The molecule has 0 saturated carbocycles. The van der Waals surface area contributed by atoms with Gasteiger partial charge < -0.3 is 5.73 Å². The molecule has 2 unspecified atom stereocenters. The number of rotatable bonds is 3. The molecule has 0 radical (unpaired) electrons. The number of nitrogens with zero attached hydrogens (tertiary/aromatic N) is 1. The van der Waals surface area contributed by atoms with E-state index in [1.165, 1.54) is 5.56 Å². The minimum absolute atomic E-state index is 0. The molecular formula is C13H20Cl2N2. The van der Waals surface area contributed by atoms with Gasteiger partial charge in [0, 0.05) is 30.2 Å². The Kier molecular flexibility index (Phi) is 5.74. The number of likely N-dealkylation sites (tertiary alicyclic amines) is 1. The molecule has 1 aliphatic rings. The molecule has 0 aliphatic carbocycles. The largest absolute Gasteiger partial charge is 0.326 e. The number of hydrogen-bond donors (Lipinski definition) is 1. The van der Waals surface area contributed by atoms with Crippen molar-refractivity contribution in [1.82, 2.24) is 4.90 Å². The Morgan fingerprint density at radius 3 is 2.53 bits per heavy atom. The molecule has 0 aromatic heterocycles. The average molecular weight is 275 g/mol. The SMILES string of the molecule is CCC(c1ccc(Cl)cc1)N1CCC(N)C1.Cl. The van der Waals surface area contributed by atoms with Crippen molar-refractivity contribution in [3.05, 3.63) is 34.9 Å². The van der Waals surface area contributed by atoms with E-state index in [1.54, 1.807) is 0 Å². The Bertz CT molecular complexity index is 340. The molecule has 4 heteroatoms. The highest BCUT2D eigenvalue weighted by Crippen LogP contribution is 2.28. The van der Waals surface area contributed by atoms with E-state index in [9.17, 15) is 0 Å². The Balaban J connectivity index is 0.00000144. The lowest BCUT2D eigenvalue weighted by molar-refractivity contribution is 0.236. The predicted octanol–water partition coefficient (Wildman–Crippen LogP) is 3.25. The first-order valence-electron chi connectivity index (χ1n) is 5.95. The van der Waals surface area contributed by atoms with Crippen LogP contribution < -0.4 is 5.73 Å².